The first-order chi connectivity index (χ1) is 29.1. The fourth-order valence-corrected chi connectivity index (χ4v) is 8.33. The summed E-state index contributed by atoms with van der Waals surface area (Å²) in [6.07, 6.45) is 28.8. The lowest BCUT2D eigenvalue weighted by molar-refractivity contribution is 0.434. The molecule has 0 fully saturated rings. The number of hydrogen-bond donors (Lipinski definition) is 0. The van der Waals surface area contributed by atoms with Crippen LogP contribution in [0.4, 0.5) is 0 Å². The fourth-order valence-electron chi connectivity index (χ4n) is 8.33. The zero-order valence-corrected chi connectivity index (χ0v) is 33.4. The van der Waals surface area contributed by atoms with Crippen molar-refractivity contribution in [2.75, 3.05) is 0 Å². The Labute approximate surface area is 350 Å². The smallest absolute Gasteiger partial charge is 0.132 e. The maximum absolute atomic E-state index is 6.57. The Kier molecular flexibility index (Phi) is 12.0. The van der Waals surface area contributed by atoms with Crippen molar-refractivity contribution in [2.45, 2.75) is 24.7 Å². The van der Waals surface area contributed by atoms with Crippen molar-refractivity contribution in [3.63, 3.8) is 0 Å². The normalized spacial score (nSPS) is 19.7. The molecule has 0 atom stereocenters. The molecular formula is C58H48O. The van der Waals surface area contributed by atoms with Crippen LogP contribution in [-0.2, 0) is 24.7 Å². The number of ether oxygens (including phenoxy) is 1. The van der Waals surface area contributed by atoms with E-state index in [1.165, 1.54) is 44.5 Å². The van der Waals surface area contributed by atoms with Gasteiger partial charge in [-0.1, -0.05) is 225 Å². The SMILES string of the molecule is C=C1/C=C\c2ccccc2CC2=C(/C=C/C=C/C=C(c3cccc(Cc4ccccc4)c3)\C=C/C=C\2)C12c1ccccc1Oc1ccccc12.C=CCc1ccccc1. The molecule has 59 heavy (non-hydrogen) atoms. The van der Waals surface area contributed by atoms with Gasteiger partial charge in [0.15, 0.2) is 0 Å². The molecule has 0 aromatic heterocycles. The van der Waals surface area contributed by atoms with E-state index in [4.69, 9.17) is 11.3 Å². The lowest BCUT2D eigenvalue weighted by atomic mass is 9.61. The van der Waals surface area contributed by atoms with E-state index in [9.17, 15) is 0 Å². The number of hydrogen-bond acceptors (Lipinski definition) is 1. The van der Waals surface area contributed by atoms with Gasteiger partial charge in [-0.3, -0.25) is 0 Å². The zero-order valence-electron chi connectivity index (χ0n) is 33.4. The molecule has 0 amide bonds. The quantitative estimate of drug-likeness (QED) is 0.159. The van der Waals surface area contributed by atoms with Gasteiger partial charge in [0.2, 0.25) is 0 Å². The van der Waals surface area contributed by atoms with Gasteiger partial charge in [-0.15, -0.1) is 6.58 Å². The summed E-state index contributed by atoms with van der Waals surface area (Å²) < 4.78 is 6.57. The van der Waals surface area contributed by atoms with Gasteiger partial charge >= 0.3 is 0 Å². The average Bonchev–Trinajstić information content (AvgIpc) is 3.31. The number of benzene rings is 6. The molecule has 3 aliphatic rings. The number of rotatable bonds is 5. The van der Waals surface area contributed by atoms with Gasteiger partial charge in [0, 0.05) is 11.1 Å². The Morgan fingerprint density at radius 3 is 1.92 bits per heavy atom. The summed E-state index contributed by atoms with van der Waals surface area (Å²) in [7, 11) is 0. The summed E-state index contributed by atoms with van der Waals surface area (Å²) in [6, 6.07) is 55.4. The largest absolute Gasteiger partial charge is 0.457 e. The minimum atomic E-state index is -0.679. The first-order valence-electron chi connectivity index (χ1n) is 20.4. The standard InChI is InChI=1S/C49H38O.C9H10/c1-36-31-32-40-22-8-10-23-42(40)35-43-24-11-9-21-39(41-25-16-19-38(34-41)33-37-17-4-2-5-18-37)20-6-3-7-26-44(43)49(36)45-27-12-14-29-47(45)50-48-30-15-13-28-46(48)49;1-2-6-9-7-4-3-5-8-9/h2-32,34H,1,33,35H2;2-5,7-8H,1,6H2/b6-3+,7-3?,11-9?,20-6?,21-9-,24-11-,26-7+,32-31-,39-20+,39-21?,43-24?,44-26?,44-43-;. The van der Waals surface area contributed by atoms with Crippen LogP contribution in [0, 0.1) is 0 Å². The van der Waals surface area contributed by atoms with Crippen molar-refractivity contribution in [3.05, 3.63) is 299 Å². The van der Waals surface area contributed by atoms with Crippen LogP contribution < -0.4 is 4.74 Å². The molecule has 0 bridgehead atoms. The molecule has 1 nitrogen and oxygen atoms in total. The molecule has 6 aromatic rings. The van der Waals surface area contributed by atoms with Gasteiger partial charge in [-0.25, -0.2) is 0 Å². The highest BCUT2D eigenvalue weighted by Gasteiger charge is 2.46. The van der Waals surface area contributed by atoms with E-state index in [2.05, 4.69) is 201 Å². The van der Waals surface area contributed by atoms with Crippen molar-refractivity contribution in [1.82, 2.24) is 0 Å². The predicted octanol–water partition coefficient (Wildman–Crippen LogP) is 14.5. The van der Waals surface area contributed by atoms with Crippen molar-refractivity contribution < 1.29 is 4.74 Å². The molecule has 1 heteroatoms. The van der Waals surface area contributed by atoms with Crippen LogP contribution in [0.5, 0.6) is 11.5 Å². The second kappa shape index (κ2) is 18.4. The van der Waals surface area contributed by atoms with E-state index in [1.54, 1.807) is 0 Å². The lowest BCUT2D eigenvalue weighted by Gasteiger charge is -2.43. The molecule has 1 spiro atoms. The summed E-state index contributed by atoms with van der Waals surface area (Å²) in [6.45, 7) is 8.48. The summed E-state index contributed by atoms with van der Waals surface area (Å²) in [5.74, 6) is 1.70. The van der Waals surface area contributed by atoms with Crippen LogP contribution in [0.1, 0.15) is 44.5 Å². The van der Waals surface area contributed by atoms with E-state index in [0.717, 1.165) is 53.0 Å². The molecule has 9 rings (SSSR count). The number of fused-ring (bicyclic) bond motifs is 6. The molecule has 6 aromatic carbocycles. The Bertz CT molecular complexity index is 2630. The topological polar surface area (TPSA) is 9.23 Å². The molecule has 0 radical (unpaired) electrons. The summed E-state index contributed by atoms with van der Waals surface area (Å²) in [5, 5.41) is 0. The highest BCUT2D eigenvalue weighted by atomic mass is 16.5. The highest BCUT2D eigenvalue weighted by Crippen LogP contribution is 2.57. The van der Waals surface area contributed by atoms with Crippen molar-refractivity contribution >= 4 is 11.6 Å². The molecule has 1 aliphatic heterocycles. The van der Waals surface area contributed by atoms with Gasteiger partial charge in [0.05, 0.1) is 5.41 Å². The first kappa shape index (κ1) is 38.6. The second-order valence-electron chi connectivity index (χ2n) is 14.9. The monoisotopic (exact) mass is 760 g/mol. The van der Waals surface area contributed by atoms with Gasteiger partial charge in [-0.05, 0) is 87.1 Å². The Balaban J connectivity index is 0.000000478. The van der Waals surface area contributed by atoms with Crippen LogP contribution in [0.25, 0.3) is 11.6 Å². The van der Waals surface area contributed by atoms with Gasteiger partial charge < -0.3 is 4.74 Å². The van der Waals surface area contributed by atoms with E-state index < -0.39 is 5.41 Å². The molecule has 0 unspecified atom stereocenters. The van der Waals surface area contributed by atoms with Crippen molar-refractivity contribution in [1.29, 1.82) is 0 Å². The van der Waals surface area contributed by atoms with E-state index in [1.807, 2.05) is 36.4 Å². The molecular weight excluding hydrogens is 713 g/mol. The third-order valence-corrected chi connectivity index (χ3v) is 11.1. The molecule has 0 N–H and O–H groups in total. The minimum absolute atomic E-state index is 0.679. The fraction of sp³-hybridized carbons (Fsp3) is 0.0690. The molecule has 0 saturated carbocycles. The third-order valence-electron chi connectivity index (χ3n) is 11.1. The van der Waals surface area contributed by atoms with Crippen molar-refractivity contribution in [2.24, 2.45) is 0 Å². The average molecular weight is 761 g/mol. The van der Waals surface area contributed by atoms with Crippen LogP contribution in [0.3, 0.4) is 0 Å². The van der Waals surface area contributed by atoms with E-state index >= 15 is 0 Å². The summed E-state index contributed by atoms with van der Waals surface area (Å²) in [5.41, 5.74) is 13.7. The highest BCUT2D eigenvalue weighted by molar-refractivity contribution is 5.77. The van der Waals surface area contributed by atoms with Gasteiger partial charge in [-0.2, -0.15) is 0 Å². The van der Waals surface area contributed by atoms with Crippen LogP contribution in [0.15, 0.2) is 254 Å². The minimum Gasteiger partial charge on any atom is -0.457 e. The van der Waals surface area contributed by atoms with Gasteiger partial charge in [0.1, 0.15) is 11.5 Å². The Morgan fingerprint density at radius 2 is 1.17 bits per heavy atom. The Hall–Kier alpha value is -7.22. The Morgan fingerprint density at radius 1 is 0.542 bits per heavy atom. The molecule has 2 aliphatic carbocycles. The molecule has 1 heterocycles. The number of allylic oxidation sites excluding steroid dienone is 15. The zero-order chi connectivity index (χ0) is 40.3. The van der Waals surface area contributed by atoms with Gasteiger partial charge in [0.25, 0.3) is 0 Å². The van der Waals surface area contributed by atoms with E-state index in [0.29, 0.717) is 0 Å². The second-order valence-corrected chi connectivity index (χ2v) is 14.9. The molecule has 0 saturated heterocycles. The van der Waals surface area contributed by atoms with Crippen LogP contribution >= 0.6 is 0 Å². The van der Waals surface area contributed by atoms with Crippen LogP contribution in [0.2, 0.25) is 0 Å². The molecule has 286 valence electrons. The maximum atomic E-state index is 6.57. The maximum Gasteiger partial charge on any atom is 0.132 e. The summed E-state index contributed by atoms with van der Waals surface area (Å²) >= 11 is 0. The van der Waals surface area contributed by atoms with Crippen LogP contribution in [-0.4, -0.2) is 0 Å². The first-order valence-corrected chi connectivity index (χ1v) is 20.4. The van der Waals surface area contributed by atoms with Crippen molar-refractivity contribution in [3.8, 4) is 11.5 Å². The summed E-state index contributed by atoms with van der Waals surface area (Å²) in [4.78, 5) is 0. The predicted molar refractivity (Wildman–Crippen MR) is 250 cm³/mol. The lowest BCUT2D eigenvalue weighted by Crippen LogP contribution is -2.35. The van der Waals surface area contributed by atoms with E-state index in [-0.39, 0.29) is 0 Å². The third kappa shape index (κ3) is 8.56. The number of para-hydroxylation sites is 2.